The van der Waals surface area contributed by atoms with Crippen molar-refractivity contribution < 1.29 is 9.84 Å². The second-order valence-corrected chi connectivity index (χ2v) is 7.78. The number of hydrogen-bond acceptors (Lipinski definition) is 7. The molecule has 0 saturated heterocycles. The number of fused-ring (bicyclic) bond motifs is 1. The van der Waals surface area contributed by atoms with Gasteiger partial charge in [-0.2, -0.15) is 0 Å². The molecule has 1 fully saturated rings. The summed E-state index contributed by atoms with van der Waals surface area (Å²) < 4.78 is 7.08. The molecule has 28 heavy (non-hydrogen) atoms. The zero-order valence-electron chi connectivity index (χ0n) is 15.3. The number of phenols is 1. The average molecular weight is 393 g/mol. The number of benzene rings is 1. The Morgan fingerprint density at radius 3 is 2.93 bits per heavy atom. The van der Waals surface area contributed by atoms with Gasteiger partial charge in [0.25, 0.3) is 0 Å². The molecule has 0 aliphatic heterocycles. The van der Waals surface area contributed by atoms with Crippen LogP contribution in [-0.4, -0.2) is 37.8 Å². The molecule has 1 aliphatic rings. The maximum atomic E-state index is 9.83. The van der Waals surface area contributed by atoms with Crippen molar-refractivity contribution in [3.8, 4) is 22.8 Å². The van der Waals surface area contributed by atoms with E-state index in [2.05, 4.69) is 9.88 Å². The summed E-state index contributed by atoms with van der Waals surface area (Å²) in [6.45, 7) is 0.716. The molecule has 7 nitrogen and oxygen atoms in total. The smallest absolute Gasteiger partial charge is 0.214 e. The Balaban J connectivity index is 1.44. The highest BCUT2D eigenvalue weighted by Gasteiger charge is 2.32. The quantitative estimate of drug-likeness (QED) is 0.538. The molecule has 0 amide bonds. The lowest BCUT2D eigenvalue weighted by Crippen LogP contribution is -2.25. The van der Waals surface area contributed by atoms with Gasteiger partial charge in [-0.05, 0) is 42.7 Å². The van der Waals surface area contributed by atoms with Crippen molar-refractivity contribution in [2.45, 2.75) is 25.4 Å². The standard InChI is InChI=1S/C20H19N5O2S/c1-27-18-9-13(4-7-17(18)26)11-24(15-5-6-15)20-23-25-12-16(22-19(25)28-20)14-3-2-8-21-10-14/h2-4,7-10,12,15,26H,5-6,11H2,1H3. The van der Waals surface area contributed by atoms with Crippen molar-refractivity contribution in [3.63, 3.8) is 0 Å². The Morgan fingerprint density at radius 1 is 1.32 bits per heavy atom. The average Bonchev–Trinajstić information content (AvgIpc) is 3.36. The van der Waals surface area contributed by atoms with Gasteiger partial charge in [0.05, 0.1) is 19.0 Å². The Bertz CT molecular complexity index is 1090. The molecule has 142 valence electrons. The molecule has 0 radical (unpaired) electrons. The van der Waals surface area contributed by atoms with Crippen LogP contribution in [0.1, 0.15) is 18.4 Å². The summed E-state index contributed by atoms with van der Waals surface area (Å²) in [5.74, 6) is 0.642. The Labute approximate surface area is 165 Å². The highest BCUT2D eigenvalue weighted by Crippen LogP contribution is 2.37. The highest BCUT2D eigenvalue weighted by atomic mass is 32.1. The number of pyridine rings is 1. The first-order valence-electron chi connectivity index (χ1n) is 9.10. The molecule has 1 N–H and O–H groups in total. The first-order chi connectivity index (χ1) is 13.7. The van der Waals surface area contributed by atoms with Crippen LogP contribution in [0.15, 0.2) is 48.9 Å². The number of imidazole rings is 1. The molecule has 0 bridgehead atoms. The molecular formula is C20H19N5O2S. The Morgan fingerprint density at radius 2 is 2.21 bits per heavy atom. The first kappa shape index (κ1) is 17.0. The van der Waals surface area contributed by atoms with Gasteiger partial charge in [0, 0.05) is 30.5 Å². The molecule has 0 spiro atoms. The van der Waals surface area contributed by atoms with Gasteiger partial charge >= 0.3 is 0 Å². The molecular weight excluding hydrogens is 374 g/mol. The van der Waals surface area contributed by atoms with E-state index in [0.29, 0.717) is 18.3 Å². The summed E-state index contributed by atoms with van der Waals surface area (Å²) in [6.07, 6.45) is 7.84. The molecule has 4 aromatic rings. The molecule has 3 heterocycles. The summed E-state index contributed by atoms with van der Waals surface area (Å²) in [7, 11) is 1.56. The van der Waals surface area contributed by atoms with E-state index >= 15 is 0 Å². The van der Waals surface area contributed by atoms with Crippen LogP contribution >= 0.6 is 11.3 Å². The zero-order chi connectivity index (χ0) is 19.1. The molecule has 0 unspecified atom stereocenters. The maximum absolute atomic E-state index is 9.83. The lowest BCUT2D eigenvalue weighted by atomic mass is 10.2. The minimum Gasteiger partial charge on any atom is -0.504 e. The van der Waals surface area contributed by atoms with Crippen molar-refractivity contribution in [1.29, 1.82) is 0 Å². The number of ether oxygens (including phenoxy) is 1. The minimum absolute atomic E-state index is 0.153. The van der Waals surface area contributed by atoms with E-state index in [-0.39, 0.29) is 5.75 Å². The Kier molecular flexibility index (Phi) is 4.12. The van der Waals surface area contributed by atoms with Crippen molar-refractivity contribution in [3.05, 3.63) is 54.5 Å². The Hall–Kier alpha value is -3.13. The fraction of sp³-hybridized carbons (Fsp3) is 0.250. The number of nitrogens with zero attached hydrogens (tertiary/aromatic N) is 5. The minimum atomic E-state index is 0.153. The maximum Gasteiger partial charge on any atom is 0.214 e. The van der Waals surface area contributed by atoms with Crippen molar-refractivity contribution >= 4 is 21.4 Å². The molecule has 8 heteroatoms. The zero-order valence-corrected chi connectivity index (χ0v) is 16.1. The van der Waals surface area contributed by atoms with Crippen LogP contribution in [-0.2, 0) is 6.54 Å². The predicted octanol–water partition coefficient (Wildman–Crippen LogP) is 3.74. The van der Waals surface area contributed by atoms with Gasteiger partial charge in [0.1, 0.15) is 0 Å². The first-order valence-corrected chi connectivity index (χ1v) is 9.92. The summed E-state index contributed by atoms with van der Waals surface area (Å²) in [5, 5.41) is 15.6. The van der Waals surface area contributed by atoms with Crippen LogP contribution in [0.2, 0.25) is 0 Å². The summed E-state index contributed by atoms with van der Waals surface area (Å²) in [6, 6.07) is 9.87. The largest absolute Gasteiger partial charge is 0.504 e. The van der Waals surface area contributed by atoms with Gasteiger partial charge in [-0.15, -0.1) is 5.10 Å². The van der Waals surface area contributed by atoms with E-state index in [1.807, 2.05) is 41.2 Å². The molecule has 1 saturated carbocycles. The topological polar surface area (TPSA) is 75.8 Å². The van der Waals surface area contributed by atoms with Gasteiger partial charge in [0.2, 0.25) is 10.1 Å². The molecule has 0 atom stereocenters. The number of methoxy groups -OCH3 is 1. The van der Waals surface area contributed by atoms with Crippen molar-refractivity contribution in [2.24, 2.45) is 0 Å². The SMILES string of the molecule is COc1cc(CN(c2nn3cc(-c4cccnc4)nc3s2)C2CC2)ccc1O. The number of aromatic nitrogens is 4. The third kappa shape index (κ3) is 3.16. The molecule has 5 rings (SSSR count). The van der Waals surface area contributed by atoms with Gasteiger partial charge < -0.3 is 14.7 Å². The van der Waals surface area contributed by atoms with E-state index in [1.54, 1.807) is 30.7 Å². The normalized spacial score (nSPS) is 13.8. The van der Waals surface area contributed by atoms with Crippen LogP contribution in [0.5, 0.6) is 11.5 Å². The summed E-state index contributed by atoms with van der Waals surface area (Å²) in [5.41, 5.74) is 2.93. The van der Waals surface area contributed by atoms with Gasteiger partial charge in [0.15, 0.2) is 11.5 Å². The molecule has 1 aliphatic carbocycles. The van der Waals surface area contributed by atoms with Crippen LogP contribution < -0.4 is 9.64 Å². The number of rotatable bonds is 6. The summed E-state index contributed by atoms with van der Waals surface area (Å²) in [4.78, 5) is 12.0. The van der Waals surface area contributed by atoms with Gasteiger partial charge in [-0.25, -0.2) is 9.50 Å². The van der Waals surface area contributed by atoms with E-state index in [4.69, 9.17) is 14.8 Å². The molecule has 3 aromatic heterocycles. The number of anilines is 1. The van der Waals surface area contributed by atoms with Crippen molar-refractivity contribution in [1.82, 2.24) is 19.6 Å². The van der Waals surface area contributed by atoms with Crippen molar-refractivity contribution in [2.75, 3.05) is 12.0 Å². The summed E-state index contributed by atoms with van der Waals surface area (Å²) >= 11 is 1.59. The lowest BCUT2D eigenvalue weighted by molar-refractivity contribution is 0.373. The van der Waals surface area contributed by atoms with Gasteiger partial charge in [-0.1, -0.05) is 17.4 Å². The fourth-order valence-corrected chi connectivity index (χ4v) is 4.17. The van der Waals surface area contributed by atoms with Gasteiger partial charge in [-0.3, -0.25) is 4.98 Å². The fourth-order valence-electron chi connectivity index (χ4n) is 3.22. The second kappa shape index (κ2) is 6.79. The number of phenolic OH excluding ortho intramolecular Hbond substituents is 1. The van der Waals surface area contributed by atoms with Crippen LogP contribution in [0.25, 0.3) is 16.2 Å². The molecule has 1 aromatic carbocycles. The third-order valence-corrected chi connectivity index (χ3v) is 5.78. The van der Waals surface area contributed by atoms with Crippen LogP contribution in [0.4, 0.5) is 5.13 Å². The highest BCUT2D eigenvalue weighted by molar-refractivity contribution is 7.20. The van der Waals surface area contributed by atoms with E-state index in [0.717, 1.165) is 39.8 Å². The number of aromatic hydroxyl groups is 1. The lowest BCUT2D eigenvalue weighted by Gasteiger charge is -2.21. The second-order valence-electron chi connectivity index (χ2n) is 6.84. The number of hydrogen-bond donors (Lipinski definition) is 1. The van der Waals surface area contributed by atoms with E-state index in [1.165, 1.54) is 0 Å². The van der Waals surface area contributed by atoms with Crippen LogP contribution in [0.3, 0.4) is 0 Å². The predicted molar refractivity (Wildman–Crippen MR) is 108 cm³/mol. The van der Waals surface area contributed by atoms with E-state index in [9.17, 15) is 5.11 Å². The van der Waals surface area contributed by atoms with Crippen LogP contribution in [0, 0.1) is 0 Å². The van der Waals surface area contributed by atoms with E-state index < -0.39 is 0 Å². The monoisotopic (exact) mass is 393 g/mol. The third-order valence-electron chi connectivity index (χ3n) is 4.82.